The van der Waals surface area contributed by atoms with Gasteiger partial charge in [0.2, 0.25) is 0 Å². The third kappa shape index (κ3) is 3.40. The van der Waals surface area contributed by atoms with Crippen LogP contribution in [0.25, 0.3) is 10.2 Å². The van der Waals surface area contributed by atoms with Gasteiger partial charge in [-0.05, 0) is 23.8 Å². The average Bonchev–Trinajstić information content (AvgIpc) is 2.90. The second-order valence-electron chi connectivity index (χ2n) is 4.50. The van der Waals surface area contributed by atoms with Gasteiger partial charge in [0.1, 0.15) is 11.6 Å². The molecule has 0 saturated heterocycles. The minimum Gasteiger partial charge on any atom is -0.458 e. The lowest BCUT2D eigenvalue weighted by Crippen LogP contribution is -2.08. The SMILES string of the molecule is O=C(Cc1ccccc1Cl)OCc1nc2ccccc2s1. The quantitative estimate of drug-likeness (QED) is 0.676. The van der Waals surface area contributed by atoms with E-state index in [0.29, 0.717) is 5.02 Å². The molecule has 1 aromatic heterocycles. The number of carbonyl (C=O) groups is 1. The molecule has 3 rings (SSSR count). The lowest BCUT2D eigenvalue weighted by atomic mass is 10.1. The molecule has 3 nitrogen and oxygen atoms in total. The molecule has 0 aliphatic carbocycles. The highest BCUT2D eigenvalue weighted by Crippen LogP contribution is 2.22. The number of fused-ring (bicyclic) bond motifs is 1. The number of thiazole rings is 1. The number of para-hydroxylation sites is 1. The maximum atomic E-state index is 11.8. The van der Waals surface area contributed by atoms with E-state index in [1.54, 1.807) is 6.07 Å². The molecule has 0 N–H and O–H groups in total. The molecule has 3 aromatic rings. The van der Waals surface area contributed by atoms with Crippen molar-refractivity contribution in [1.82, 2.24) is 4.98 Å². The molecule has 0 spiro atoms. The number of nitrogens with zero attached hydrogens (tertiary/aromatic N) is 1. The van der Waals surface area contributed by atoms with Crippen LogP contribution in [-0.4, -0.2) is 11.0 Å². The van der Waals surface area contributed by atoms with Crippen molar-refractivity contribution in [2.75, 3.05) is 0 Å². The molecule has 0 amide bonds. The highest BCUT2D eigenvalue weighted by molar-refractivity contribution is 7.18. The smallest absolute Gasteiger partial charge is 0.310 e. The number of esters is 1. The third-order valence-electron chi connectivity index (χ3n) is 2.99. The normalized spacial score (nSPS) is 10.7. The molecule has 0 radical (unpaired) electrons. The minimum absolute atomic E-state index is 0.171. The van der Waals surface area contributed by atoms with Gasteiger partial charge < -0.3 is 4.74 Å². The monoisotopic (exact) mass is 317 g/mol. The molecule has 0 unspecified atom stereocenters. The third-order valence-corrected chi connectivity index (χ3v) is 4.37. The molecule has 0 saturated carbocycles. The fourth-order valence-electron chi connectivity index (χ4n) is 1.97. The van der Waals surface area contributed by atoms with Gasteiger partial charge >= 0.3 is 5.97 Å². The number of carbonyl (C=O) groups excluding carboxylic acids is 1. The molecular formula is C16H12ClNO2S. The van der Waals surface area contributed by atoms with Crippen LogP contribution < -0.4 is 0 Å². The van der Waals surface area contributed by atoms with E-state index in [1.807, 2.05) is 42.5 Å². The van der Waals surface area contributed by atoms with E-state index in [9.17, 15) is 4.79 Å². The topological polar surface area (TPSA) is 39.2 Å². The van der Waals surface area contributed by atoms with Crippen molar-refractivity contribution < 1.29 is 9.53 Å². The predicted molar refractivity (Wildman–Crippen MR) is 84.6 cm³/mol. The summed E-state index contributed by atoms with van der Waals surface area (Å²) in [4.78, 5) is 16.3. The fourth-order valence-corrected chi connectivity index (χ4v) is 3.06. The summed E-state index contributed by atoms with van der Waals surface area (Å²) >= 11 is 7.56. The van der Waals surface area contributed by atoms with E-state index < -0.39 is 0 Å². The summed E-state index contributed by atoms with van der Waals surface area (Å²) in [5.41, 5.74) is 1.70. The van der Waals surface area contributed by atoms with Crippen LogP contribution in [0.4, 0.5) is 0 Å². The standard InChI is InChI=1S/C16H12ClNO2S/c17-12-6-2-1-5-11(12)9-16(19)20-10-15-18-13-7-3-4-8-14(13)21-15/h1-8H,9-10H2. The zero-order chi connectivity index (χ0) is 14.7. The van der Waals surface area contributed by atoms with E-state index in [2.05, 4.69) is 4.98 Å². The highest BCUT2D eigenvalue weighted by atomic mass is 35.5. The zero-order valence-corrected chi connectivity index (χ0v) is 12.7. The summed E-state index contributed by atoms with van der Waals surface area (Å²) in [6.07, 6.45) is 0.171. The van der Waals surface area contributed by atoms with Gasteiger partial charge in [0.15, 0.2) is 0 Å². The van der Waals surface area contributed by atoms with E-state index in [4.69, 9.17) is 16.3 Å². The van der Waals surface area contributed by atoms with Crippen molar-refractivity contribution in [1.29, 1.82) is 0 Å². The van der Waals surface area contributed by atoms with Crippen LogP contribution in [-0.2, 0) is 22.6 Å². The van der Waals surface area contributed by atoms with Gasteiger partial charge in [0, 0.05) is 5.02 Å². The second kappa shape index (κ2) is 6.24. The summed E-state index contributed by atoms with van der Waals surface area (Å²) < 4.78 is 6.36. The van der Waals surface area contributed by atoms with Crippen molar-refractivity contribution in [3.63, 3.8) is 0 Å². The molecule has 1 heterocycles. The van der Waals surface area contributed by atoms with Crippen LogP contribution in [0, 0.1) is 0 Å². The summed E-state index contributed by atoms with van der Waals surface area (Å²) in [6.45, 7) is 0.197. The number of hydrogen-bond acceptors (Lipinski definition) is 4. The Balaban J connectivity index is 1.62. The van der Waals surface area contributed by atoms with Crippen molar-refractivity contribution in [2.24, 2.45) is 0 Å². The Morgan fingerprint density at radius 3 is 2.71 bits per heavy atom. The largest absolute Gasteiger partial charge is 0.458 e. The summed E-state index contributed by atoms with van der Waals surface area (Å²) in [5, 5.41) is 1.37. The fraction of sp³-hybridized carbons (Fsp3) is 0.125. The first kappa shape index (κ1) is 14.0. The maximum absolute atomic E-state index is 11.8. The zero-order valence-electron chi connectivity index (χ0n) is 11.1. The van der Waals surface area contributed by atoms with Crippen LogP contribution in [0.1, 0.15) is 10.6 Å². The number of rotatable bonds is 4. The number of benzene rings is 2. The van der Waals surface area contributed by atoms with E-state index in [1.165, 1.54) is 11.3 Å². The second-order valence-corrected chi connectivity index (χ2v) is 6.03. The Kier molecular flexibility index (Phi) is 4.18. The molecule has 21 heavy (non-hydrogen) atoms. The molecule has 106 valence electrons. The minimum atomic E-state index is -0.303. The maximum Gasteiger partial charge on any atom is 0.310 e. The summed E-state index contributed by atoms with van der Waals surface area (Å²) in [7, 11) is 0. The Bertz CT molecular complexity index is 752. The van der Waals surface area contributed by atoms with Crippen molar-refractivity contribution in [3.05, 3.63) is 64.1 Å². The van der Waals surface area contributed by atoms with Crippen LogP contribution in [0.5, 0.6) is 0 Å². The first-order valence-corrected chi connectivity index (χ1v) is 7.65. The van der Waals surface area contributed by atoms with Crippen molar-refractivity contribution in [2.45, 2.75) is 13.0 Å². The number of hydrogen-bond donors (Lipinski definition) is 0. The molecule has 0 aliphatic heterocycles. The molecule has 0 fully saturated rings. The number of halogens is 1. The Labute approximate surface area is 131 Å². The molecule has 5 heteroatoms. The van der Waals surface area contributed by atoms with E-state index >= 15 is 0 Å². The average molecular weight is 318 g/mol. The molecular weight excluding hydrogens is 306 g/mol. The summed E-state index contributed by atoms with van der Waals surface area (Å²) in [5.74, 6) is -0.303. The van der Waals surface area contributed by atoms with Gasteiger partial charge in [-0.25, -0.2) is 4.98 Å². The van der Waals surface area contributed by atoms with Crippen molar-refractivity contribution >= 4 is 39.1 Å². The predicted octanol–water partition coefficient (Wildman–Crippen LogP) is 4.24. The van der Waals surface area contributed by atoms with Gasteiger partial charge in [-0.15, -0.1) is 11.3 Å². The Morgan fingerprint density at radius 2 is 1.90 bits per heavy atom. The molecule has 2 aromatic carbocycles. The van der Waals surface area contributed by atoms with E-state index in [-0.39, 0.29) is 19.0 Å². The van der Waals surface area contributed by atoms with Crippen LogP contribution in [0.3, 0.4) is 0 Å². The first-order valence-electron chi connectivity index (χ1n) is 6.46. The first-order chi connectivity index (χ1) is 10.2. The van der Waals surface area contributed by atoms with Gasteiger partial charge in [-0.3, -0.25) is 4.79 Å². The molecule has 0 bridgehead atoms. The lowest BCUT2D eigenvalue weighted by Gasteiger charge is -2.04. The Hall–Kier alpha value is -1.91. The highest BCUT2D eigenvalue weighted by Gasteiger charge is 2.10. The Morgan fingerprint density at radius 1 is 1.14 bits per heavy atom. The van der Waals surface area contributed by atoms with Gasteiger partial charge in [-0.1, -0.05) is 41.9 Å². The van der Waals surface area contributed by atoms with Crippen molar-refractivity contribution in [3.8, 4) is 0 Å². The van der Waals surface area contributed by atoms with Gasteiger partial charge in [-0.2, -0.15) is 0 Å². The molecule has 0 aliphatic rings. The lowest BCUT2D eigenvalue weighted by molar-refractivity contribution is -0.144. The van der Waals surface area contributed by atoms with Crippen LogP contribution >= 0.6 is 22.9 Å². The number of aromatic nitrogens is 1. The van der Waals surface area contributed by atoms with Gasteiger partial charge in [0.05, 0.1) is 16.6 Å². The summed E-state index contributed by atoms with van der Waals surface area (Å²) in [6, 6.07) is 15.1. The van der Waals surface area contributed by atoms with Crippen LogP contribution in [0.2, 0.25) is 5.02 Å². The van der Waals surface area contributed by atoms with Crippen LogP contribution in [0.15, 0.2) is 48.5 Å². The number of ether oxygens (including phenoxy) is 1. The molecule has 0 atom stereocenters. The van der Waals surface area contributed by atoms with Gasteiger partial charge in [0.25, 0.3) is 0 Å². The van der Waals surface area contributed by atoms with E-state index in [0.717, 1.165) is 20.8 Å².